The van der Waals surface area contributed by atoms with Gasteiger partial charge in [0.05, 0.1) is 12.7 Å². The third kappa shape index (κ3) is 4.59. The van der Waals surface area contributed by atoms with Gasteiger partial charge in [-0.05, 0) is 42.0 Å². The zero-order chi connectivity index (χ0) is 18.5. The number of anilines is 1. The van der Waals surface area contributed by atoms with E-state index in [2.05, 4.69) is 15.6 Å². The first-order valence-corrected chi connectivity index (χ1v) is 7.52. The molecule has 0 spiro atoms. The van der Waals surface area contributed by atoms with Crippen LogP contribution in [0.5, 0.6) is 0 Å². The standard InChI is InChI=1S/C17H13F3N4O2/c18-12-2-4-13(5-3-12)21-17(25)26-10-14-9-24(23-22-14)8-11-1-6-15(19)16(20)7-11/h1-7,9H,8,10H2,(H,21,25). The molecule has 0 saturated carbocycles. The topological polar surface area (TPSA) is 69.0 Å². The summed E-state index contributed by atoms with van der Waals surface area (Å²) in [5.41, 5.74) is 1.27. The molecule has 0 bridgehead atoms. The van der Waals surface area contributed by atoms with Crippen molar-refractivity contribution in [3.63, 3.8) is 0 Å². The molecule has 1 heterocycles. The summed E-state index contributed by atoms with van der Waals surface area (Å²) in [4.78, 5) is 11.7. The van der Waals surface area contributed by atoms with Crippen molar-refractivity contribution in [2.75, 3.05) is 5.32 Å². The molecule has 0 saturated heterocycles. The number of aromatic nitrogens is 3. The van der Waals surface area contributed by atoms with Crippen molar-refractivity contribution in [1.29, 1.82) is 0 Å². The number of halogens is 3. The second kappa shape index (κ2) is 7.68. The van der Waals surface area contributed by atoms with Gasteiger partial charge < -0.3 is 4.74 Å². The second-order valence-electron chi connectivity index (χ2n) is 5.36. The van der Waals surface area contributed by atoms with Gasteiger partial charge in [0, 0.05) is 5.69 Å². The van der Waals surface area contributed by atoms with Gasteiger partial charge in [-0.1, -0.05) is 11.3 Å². The van der Waals surface area contributed by atoms with Crippen LogP contribution in [0.1, 0.15) is 11.3 Å². The van der Waals surface area contributed by atoms with Gasteiger partial charge in [0.2, 0.25) is 0 Å². The van der Waals surface area contributed by atoms with Gasteiger partial charge >= 0.3 is 6.09 Å². The summed E-state index contributed by atoms with van der Waals surface area (Å²) in [6.07, 6.45) is 0.790. The molecule has 26 heavy (non-hydrogen) atoms. The summed E-state index contributed by atoms with van der Waals surface area (Å²) in [5.74, 6) is -2.28. The number of amides is 1. The van der Waals surface area contributed by atoms with Crippen LogP contribution in [-0.4, -0.2) is 21.1 Å². The van der Waals surface area contributed by atoms with E-state index in [0.717, 1.165) is 12.1 Å². The molecule has 134 valence electrons. The van der Waals surface area contributed by atoms with Gasteiger partial charge in [-0.3, -0.25) is 5.32 Å². The van der Waals surface area contributed by atoms with Crippen molar-refractivity contribution >= 4 is 11.8 Å². The maximum absolute atomic E-state index is 13.2. The van der Waals surface area contributed by atoms with Crippen molar-refractivity contribution in [3.8, 4) is 0 Å². The van der Waals surface area contributed by atoms with E-state index < -0.39 is 23.5 Å². The zero-order valence-corrected chi connectivity index (χ0v) is 13.3. The molecule has 0 radical (unpaired) electrons. The third-order valence-electron chi connectivity index (χ3n) is 3.36. The highest BCUT2D eigenvalue weighted by atomic mass is 19.2. The van der Waals surface area contributed by atoms with Gasteiger partial charge in [0.1, 0.15) is 18.1 Å². The number of nitrogens with one attached hydrogen (secondary N) is 1. The van der Waals surface area contributed by atoms with Crippen molar-refractivity contribution in [1.82, 2.24) is 15.0 Å². The Morgan fingerprint density at radius 3 is 2.58 bits per heavy atom. The van der Waals surface area contributed by atoms with Gasteiger partial charge in [-0.25, -0.2) is 22.6 Å². The predicted octanol–water partition coefficient (Wildman–Crippen LogP) is 3.49. The molecule has 3 aromatic rings. The Morgan fingerprint density at radius 2 is 1.85 bits per heavy atom. The number of carbonyl (C=O) groups excluding carboxylic acids is 1. The maximum atomic E-state index is 13.2. The van der Waals surface area contributed by atoms with Gasteiger partial charge in [-0.2, -0.15) is 0 Å². The average Bonchev–Trinajstić information content (AvgIpc) is 3.06. The van der Waals surface area contributed by atoms with Crippen LogP contribution in [0.2, 0.25) is 0 Å². The summed E-state index contributed by atoms with van der Waals surface area (Å²) in [6.45, 7) is 0.0524. The SMILES string of the molecule is O=C(Nc1ccc(F)cc1)OCc1cn(Cc2ccc(F)c(F)c2)nn1. The summed E-state index contributed by atoms with van der Waals surface area (Å²) in [5, 5.41) is 10.1. The van der Waals surface area contributed by atoms with E-state index in [1.54, 1.807) is 0 Å². The number of ether oxygens (including phenoxy) is 1. The lowest BCUT2D eigenvalue weighted by atomic mass is 10.2. The third-order valence-corrected chi connectivity index (χ3v) is 3.36. The summed E-state index contributed by atoms with van der Waals surface area (Å²) >= 11 is 0. The molecule has 0 aliphatic heterocycles. The maximum Gasteiger partial charge on any atom is 0.412 e. The molecule has 0 unspecified atom stereocenters. The minimum Gasteiger partial charge on any atom is -0.443 e. The molecule has 3 rings (SSSR count). The van der Waals surface area contributed by atoms with Crippen molar-refractivity contribution in [3.05, 3.63) is 77.4 Å². The van der Waals surface area contributed by atoms with Gasteiger partial charge in [0.15, 0.2) is 11.6 Å². The number of hydrogen-bond donors (Lipinski definition) is 1. The van der Waals surface area contributed by atoms with Crippen LogP contribution in [0.4, 0.5) is 23.7 Å². The van der Waals surface area contributed by atoms with Gasteiger partial charge in [-0.15, -0.1) is 5.10 Å². The molecule has 1 N–H and O–H groups in total. The fourth-order valence-corrected chi connectivity index (χ4v) is 2.13. The van der Waals surface area contributed by atoms with E-state index in [4.69, 9.17) is 4.74 Å². The predicted molar refractivity (Wildman–Crippen MR) is 85.7 cm³/mol. The molecule has 0 aliphatic carbocycles. The van der Waals surface area contributed by atoms with Crippen LogP contribution in [0.15, 0.2) is 48.7 Å². The number of hydrogen-bond acceptors (Lipinski definition) is 4. The Kier molecular flexibility index (Phi) is 5.16. The van der Waals surface area contributed by atoms with Crippen molar-refractivity contribution in [2.24, 2.45) is 0 Å². The highest BCUT2D eigenvalue weighted by Gasteiger charge is 2.08. The monoisotopic (exact) mass is 362 g/mol. The van der Waals surface area contributed by atoms with E-state index >= 15 is 0 Å². The highest BCUT2D eigenvalue weighted by Crippen LogP contribution is 2.11. The van der Waals surface area contributed by atoms with Crippen LogP contribution in [0.3, 0.4) is 0 Å². The highest BCUT2D eigenvalue weighted by molar-refractivity contribution is 5.84. The summed E-state index contributed by atoms with van der Waals surface area (Å²) in [6, 6.07) is 8.75. The molecule has 9 heteroatoms. The number of rotatable bonds is 5. The zero-order valence-electron chi connectivity index (χ0n) is 13.3. The Morgan fingerprint density at radius 1 is 1.08 bits per heavy atom. The average molecular weight is 362 g/mol. The molecule has 6 nitrogen and oxygen atoms in total. The molecular formula is C17H13F3N4O2. The first kappa shape index (κ1) is 17.5. The number of carbonyl (C=O) groups is 1. The molecule has 0 atom stereocenters. The second-order valence-corrected chi connectivity index (χ2v) is 5.36. The van der Waals surface area contributed by atoms with Crippen LogP contribution in [0.25, 0.3) is 0 Å². The quantitative estimate of drug-likeness (QED) is 0.754. The Balaban J connectivity index is 1.52. The van der Waals surface area contributed by atoms with Crippen molar-refractivity contribution < 1.29 is 22.7 Å². The first-order valence-electron chi connectivity index (χ1n) is 7.52. The minimum atomic E-state index is -0.941. The lowest BCUT2D eigenvalue weighted by Crippen LogP contribution is -2.13. The normalized spacial score (nSPS) is 10.6. The molecule has 1 amide bonds. The molecule has 0 fully saturated rings. The van der Waals surface area contributed by atoms with Crippen LogP contribution in [0, 0.1) is 17.5 Å². The number of nitrogens with zero attached hydrogens (tertiary/aromatic N) is 3. The molecule has 1 aromatic heterocycles. The fourth-order valence-electron chi connectivity index (χ4n) is 2.13. The van der Waals surface area contributed by atoms with Gasteiger partial charge in [0.25, 0.3) is 0 Å². The Hall–Kier alpha value is -3.36. The largest absolute Gasteiger partial charge is 0.443 e. The first-order chi connectivity index (χ1) is 12.5. The summed E-state index contributed by atoms with van der Waals surface area (Å²) < 4.78 is 45.3. The smallest absolute Gasteiger partial charge is 0.412 e. The van der Waals surface area contributed by atoms with Crippen LogP contribution >= 0.6 is 0 Å². The molecule has 0 aliphatic rings. The van der Waals surface area contributed by atoms with E-state index in [1.165, 1.54) is 41.2 Å². The Bertz CT molecular complexity index is 913. The van der Waals surface area contributed by atoms with E-state index in [1.807, 2.05) is 0 Å². The molecule has 2 aromatic carbocycles. The Labute approximate surface area is 146 Å². The lowest BCUT2D eigenvalue weighted by Gasteiger charge is -2.05. The van der Waals surface area contributed by atoms with E-state index in [0.29, 0.717) is 16.9 Å². The molecular weight excluding hydrogens is 349 g/mol. The van der Waals surface area contributed by atoms with E-state index in [-0.39, 0.29) is 13.2 Å². The summed E-state index contributed by atoms with van der Waals surface area (Å²) in [7, 11) is 0. The van der Waals surface area contributed by atoms with Crippen LogP contribution < -0.4 is 5.32 Å². The lowest BCUT2D eigenvalue weighted by molar-refractivity contribution is 0.153. The fraction of sp³-hybridized carbons (Fsp3) is 0.118. The number of benzene rings is 2. The minimum absolute atomic E-state index is 0.134. The van der Waals surface area contributed by atoms with Crippen molar-refractivity contribution in [2.45, 2.75) is 13.2 Å². The van der Waals surface area contributed by atoms with E-state index in [9.17, 15) is 18.0 Å². The van der Waals surface area contributed by atoms with Crippen LogP contribution in [-0.2, 0) is 17.9 Å².